The van der Waals surface area contributed by atoms with Crippen LogP contribution in [0.4, 0.5) is 18.0 Å². The van der Waals surface area contributed by atoms with E-state index in [-0.39, 0.29) is 19.5 Å². The Morgan fingerprint density at radius 3 is 2.37 bits per heavy atom. The second-order valence-electron chi connectivity index (χ2n) is 5.84. The summed E-state index contributed by atoms with van der Waals surface area (Å²) >= 11 is 0. The summed E-state index contributed by atoms with van der Waals surface area (Å²) in [5.41, 5.74) is 4.67. The number of nitrogens with zero attached hydrogens (tertiary/aromatic N) is 1. The number of hydrogen-bond donors (Lipinski definition) is 1. The summed E-state index contributed by atoms with van der Waals surface area (Å²) < 4.78 is 43.4. The number of ether oxygens (including phenoxy) is 1. The van der Waals surface area contributed by atoms with Crippen molar-refractivity contribution in [3.8, 4) is 0 Å². The number of hydrogen-bond acceptors (Lipinski definition) is 3. The second-order valence-corrected chi connectivity index (χ2v) is 5.84. The molecule has 0 aliphatic carbocycles. The minimum Gasteiger partial charge on any atom is -0.444 e. The van der Waals surface area contributed by atoms with Gasteiger partial charge in [-0.15, -0.1) is 0 Å². The number of rotatable bonds is 2. The van der Waals surface area contributed by atoms with Crippen molar-refractivity contribution < 1.29 is 22.7 Å². The van der Waals surface area contributed by atoms with Gasteiger partial charge in [-0.1, -0.05) is 0 Å². The van der Waals surface area contributed by atoms with Crippen LogP contribution in [0.5, 0.6) is 0 Å². The first kappa shape index (κ1) is 16.1. The molecule has 19 heavy (non-hydrogen) atoms. The Morgan fingerprint density at radius 1 is 1.37 bits per heavy atom. The fourth-order valence-electron chi connectivity index (χ4n) is 2.16. The molecule has 0 unspecified atom stereocenters. The number of carbonyl (C=O) groups excluding carboxylic acids is 1. The van der Waals surface area contributed by atoms with E-state index in [2.05, 4.69) is 0 Å². The van der Waals surface area contributed by atoms with Crippen molar-refractivity contribution in [2.24, 2.45) is 11.7 Å². The summed E-state index contributed by atoms with van der Waals surface area (Å²) in [5.74, 6) is -1.49. The normalized spacial score (nSPS) is 24.7. The minimum atomic E-state index is -4.29. The average Bonchev–Trinajstić information content (AvgIpc) is 2.59. The van der Waals surface area contributed by atoms with Gasteiger partial charge in [0.15, 0.2) is 0 Å². The van der Waals surface area contributed by atoms with Crippen LogP contribution < -0.4 is 5.73 Å². The Hall–Kier alpha value is -0.980. The van der Waals surface area contributed by atoms with E-state index in [4.69, 9.17) is 10.5 Å². The third kappa shape index (κ3) is 4.56. The Kier molecular flexibility index (Phi) is 4.71. The lowest BCUT2D eigenvalue weighted by molar-refractivity contribution is -0.170. The van der Waals surface area contributed by atoms with Gasteiger partial charge in [-0.3, -0.25) is 0 Å². The number of halogens is 3. The van der Waals surface area contributed by atoms with Crippen molar-refractivity contribution in [2.45, 2.75) is 51.4 Å². The molecule has 1 rings (SSSR count). The van der Waals surface area contributed by atoms with E-state index in [9.17, 15) is 18.0 Å². The van der Waals surface area contributed by atoms with Gasteiger partial charge in [0.05, 0.1) is 5.92 Å². The van der Waals surface area contributed by atoms with Crippen molar-refractivity contribution in [3.05, 3.63) is 0 Å². The van der Waals surface area contributed by atoms with Gasteiger partial charge in [0, 0.05) is 12.6 Å². The van der Waals surface area contributed by atoms with Gasteiger partial charge in [-0.25, -0.2) is 4.79 Å². The molecule has 0 saturated carbocycles. The minimum absolute atomic E-state index is 0.0973. The smallest absolute Gasteiger partial charge is 0.410 e. The van der Waals surface area contributed by atoms with Crippen LogP contribution in [-0.2, 0) is 4.74 Å². The molecular weight excluding hydrogens is 261 g/mol. The third-order valence-corrected chi connectivity index (χ3v) is 3.01. The first-order valence-corrected chi connectivity index (χ1v) is 6.31. The van der Waals surface area contributed by atoms with Crippen LogP contribution >= 0.6 is 0 Å². The fraction of sp³-hybridized carbons (Fsp3) is 0.917. The number of amides is 1. The molecule has 1 aliphatic heterocycles. The molecule has 4 nitrogen and oxygen atoms in total. The van der Waals surface area contributed by atoms with Gasteiger partial charge >= 0.3 is 12.3 Å². The molecule has 0 radical (unpaired) electrons. The highest BCUT2D eigenvalue weighted by Gasteiger charge is 2.49. The van der Waals surface area contributed by atoms with E-state index in [1.165, 1.54) is 0 Å². The molecule has 0 aromatic rings. The van der Waals surface area contributed by atoms with E-state index in [1.807, 2.05) is 0 Å². The fourth-order valence-corrected chi connectivity index (χ4v) is 2.16. The van der Waals surface area contributed by atoms with E-state index in [0.717, 1.165) is 4.90 Å². The Labute approximate surface area is 111 Å². The summed E-state index contributed by atoms with van der Waals surface area (Å²) in [4.78, 5) is 13.1. The van der Waals surface area contributed by atoms with Crippen LogP contribution in [0.1, 0.15) is 33.6 Å². The molecule has 112 valence electrons. The molecule has 0 aromatic heterocycles. The molecule has 1 amide bonds. The molecule has 1 aliphatic rings. The first-order chi connectivity index (χ1) is 8.54. The predicted octanol–water partition coefficient (Wildman–Crippen LogP) is 2.52. The quantitative estimate of drug-likeness (QED) is 0.846. The average molecular weight is 282 g/mol. The molecule has 0 spiro atoms. The van der Waals surface area contributed by atoms with Crippen LogP contribution in [0.3, 0.4) is 0 Å². The molecule has 7 heteroatoms. The second kappa shape index (κ2) is 5.56. The van der Waals surface area contributed by atoms with Crippen LogP contribution in [0.25, 0.3) is 0 Å². The molecule has 1 heterocycles. The predicted molar refractivity (Wildman–Crippen MR) is 64.6 cm³/mol. The van der Waals surface area contributed by atoms with Crippen molar-refractivity contribution in [1.29, 1.82) is 0 Å². The summed E-state index contributed by atoms with van der Waals surface area (Å²) in [6, 6.07) is -0.494. The van der Waals surface area contributed by atoms with E-state index < -0.39 is 29.8 Å². The van der Waals surface area contributed by atoms with Gasteiger partial charge in [0.1, 0.15) is 5.60 Å². The zero-order chi connectivity index (χ0) is 14.8. The zero-order valence-electron chi connectivity index (χ0n) is 11.5. The van der Waals surface area contributed by atoms with Crippen LogP contribution in [0.2, 0.25) is 0 Å². The Balaban J connectivity index is 2.76. The highest BCUT2D eigenvalue weighted by molar-refractivity contribution is 5.69. The summed E-state index contributed by atoms with van der Waals surface area (Å²) in [5, 5.41) is 0. The molecule has 1 fully saturated rings. The van der Waals surface area contributed by atoms with Crippen LogP contribution in [-0.4, -0.2) is 41.9 Å². The van der Waals surface area contributed by atoms with Gasteiger partial charge in [0.2, 0.25) is 0 Å². The van der Waals surface area contributed by atoms with Crippen molar-refractivity contribution in [2.75, 3.05) is 13.1 Å². The molecule has 1 saturated heterocycles. The zero-order valence-corrected chi connectivity index (χ0v) is 11.5. The number of nitrogens with two attached hydrogens (primary N) is 1. The number of likely N-dealkylation sites (tertiary alicyclic amines) is 1. The van der Waals surface area contributed by atoms with Crippen molar-refractivity contribution in [3.63, 3.8) is 0 Å². The van der Waals surface area contributed by atoms with Gasteiger partial charge in [-0.2, -0.15) is 13.2 Å². The lowest BCUT2D eigenvalue weighted by Crippen LogP contribution is -2.41. The highest BCUT2D eigenvalue weighted by Crippen LogP contribution is 2.37. The SMILES string of the molecule is CC(C)(C)OC(=O)N1C[C@@H](C(F)(F)F)C[C@H]1CCN. The molecule has 0 aromatic carbocycles. The number of carbonyl (C=O) groups is 1. The summed E-state index contributed by atoms with van der Waals surface area (Å²) in [7, 11) is 0. The van der Waals surface area contributed by atoms with E-state index in [1.54, 1.807) is 20.8 Å². The molecule has 2 atom stereocenters. The van der Waals surface area contributed by atoms with Crippen LogP contribution in [0, 0.1) is 5.92 Å². The highest BCUT2D eigenvalue weighted by atomic mass is 19.4. The summed E-state index contributed by atoms with van der Waals surface area (Å²) in [6.45, 7) is 4.94. The van der Waals surface area contributed by atoms with E-state index >= 15 is 0 Å². The Morgan fingerprint density at radius 2 is 1.95 bits per heavy atom. The summed E-state index contributed by atoms with van der Waals surface area (Å²) in [6.07, 6.45) is -4.73. The topological polar surface area (TPSA) is 55.6 Å². The number of alkyl halides is 3. The standard InChI is InChI=1S/C12H21F3N2O2/c1-11(2,3)19-10(18)17-7-8(12(13,14)15)6-9(17)4-5-16/h8-9H,4-7,16H2,1-3H3/t8-,9+/m0/s1. The lowest BCUT2D eigenvalue weighted by atomic mass is 10.0. The van der Waals surface area contributed by atoms with Gasteiger partial charge in [-0.05, 0) is 40.2 Å². The van der Waals surface area contributed by atoms with Crippen molar-refractivity contribution in [1.82, 2.24) is 4.90 Å². The maximum absolute atomic E-state index is 12.7. The van der Waals surface area contributed by atoms with E-state index in [0.29, 0.717) is 6.42 Å². The first-order valence-electron chi connectivity index (χ1n) is 6.31. The van der Waals surface area contributed by atoms with Crippen LogP contribution in [0.15, 0.2) is 0 Å². The van der Waals surface area contributed by atoms with Gasteiger partial charge < -0.3 is 15.4 Å². The van der Waals surface area contributed by atoms with Crippen molar-refractivity contribution >= 4 is 6.09 Å². The lowest BCUT2D eigenvalue weighted by Gasteiger charge is -2.28. The Bertz CT molecular complexity index is 326. The maximum atomic E-state index is 12.7. The molecule has 2 N–H and O–H groups in total. The van der Waals surface area contributed by atoms with Gasteiger partial charge in [0.25, 0.3) is 0 Å². The third-order valence-electron chi connectivity index (χ3n) is 3.01. The monoisotopic (exact) mass is 282 g/mol. The molecular formula is C12H21F3N2O2. The maximum Gasteiger partial charge on any atom is 0.410 e. The largest absolute Gasteiger partial charge is 0.444 e. The molecule has 0 bridgehead atoms.